The third-order valence-electron chi connectivity index (χ3n) is 2.58. The normalized spacial score (nSPS) is 11.6. The molecule has 0 radical (unpaired) electrons. The van der Waals surface area contributed by atoms with Crippen molar-refractivity contribution >= 4 is 22.1 Å². The van der Waals surface area contributed by atoms with Gasteiger partial charge in [0, 0.05) is 30.9 Å². The summed E-state index contributed by atoms with van der Waals surface area (Å²) >= 11 is 5.33. The van der Waals surface area contributed by atoms with Gasteiger partial charge < -0.3 is 4.57 Å². The third kappa shape index (κ3) is 3.08. The van der Waals surface area contributed by atoms with Crippen molar-refractivity contribution in [3.63, 3.8) is 0 Å². The van der Waals surface area contributed by atoms with Crippen LogP contribution in [0.2, 0.25) is 0 Å². The number of hydrogen-bond donors (Lipinski definition) is 0. The van der Waals surface area contributed by atoms with E-state index in [0.717, 1.165) is 5.69 Å². The number of benzene rings is 1. The molecule has 0 aliphatic rings. The number of aryl methyl sites for hydroxylation is 1. The Hall–Kier alpha value is -1.40. The molecule has 1 aromatic carbocycles. The molecule has 0 fully saturated rings. The second-order valence-electron chi connectivity index (χ2n) is 4.11. The van der Waals surface area contributed by atoms with E-state index in [1.807, 2.05) is 41.1 Å². The summed E-state index contributed by atoms with van der Waals surface area (Å²) in [5, 5.41) is 0. The zero-order valence-corrected chi connectivity index (χ0v) is 11.6. The quantitative estimate of drug-likeness (QED) is 0.806. The van der Waals surface area contributed by atoms with Crippen LogP contribution in [-0.4, -0.2) is 29.6 Å². The van der Waals surface area contributed by atoms with Crippen molar-refractivity contribution in [1.82, 2.24) is 9.13 Å². The highest BCUT2D eigenvalue weighted by Crippen LogP contribution is 2.09. The Morgan fingerprint density at radius 1 is 1.17 bits per heavy atom. The Morgan fingerprint density at radius 3 is 2.44 bits per heavy atom. The number of hydrogen-bond acceptors (Lipinski definition) is 3. The number of aromatic nitrogens is 2. The second kappa shape index (κ2) is 5.07. The van der Waals surface area contributed by atoms with Crippen LogP contribution in [-0.2, 0) is 16.4 Å². The van der Waals surface area contributed by atoms with Gasteiger partial charge in [-0.3, -0.25) is 4.57 Å². The van der Waals surface area contributed by atoms with Crippen LogP contribution < -0.4 is 0 Å². The van der Waals surface area contributed by atoms with E-state index >= 15 is 0 Å². The molecule has 96 valence electrons. The molecular formula is C12H14N2O2S2. The van der Waals surface area contributed by atoms with Crippen LogP contribution in [0, 0.1) is 4.77 Å². The molecule has 1 aromatic heterocycles. The van der Waals surface area contributed by atoms with Gasteiger partial charge in [0.05, 0.1) is 5.75 Å². The number of sulfone groups is 1. The lowest BCUT2D eigenvalue weighted by Gasteiger charge is -2.03. The van der Waals surface area contributed by atoms with Crippen LogP contribution >= 0.6 is 12.2 Å². The predicted octanol–water partition coefficient (Wildman–Crippen LogP) is 2.05. The Labute approximate surface area is 111 Å². The number of imidazole rings is 1. The highest BCUT2D eigenvalue weighted by molar-refractivity contribution is 7.90. The van der Waals surface area contributed by atoms with E-state index in [2.05, 4.69) is 0 Å². The molecule has 0 N–H and O–H groups in total. The SMILES string of the molecule is CS(=O)(=O)CCn1ccn(-c2ccccc2)c1=S. The molecule has 0 unspecified atom stereocenters. The molecule has 0 aliphatic heterocycles. The Bertz CT molecular complexity index is 684. The average molecular weight is 282 g/mol. The zero-order valence-electron chi connectivity index (χ0n) is 9.98. The lowest BCUT2D eigenvalue weighted by atomic mass is 10.3. The van der Waals surface area contributed by atoms with Crippen molar-refractivity contribution in [2.75, 3.05) is 12.0 Å². The summed E-state index contributed by atoms with van der Waals surface area (Å²) in [6, 6.07) is 9.72. The van der Waals surface area contributed by atoms with Gasteiger partial charge in [0.1, 0.15) is 9.84 Å². The van der Waals surface area contributed by atoms with Gasteiger partial charge in [-0.1, -0.05) is 18.2 Å². The minimum atomic E-state index is -2.97. The summed E-state index contributed by atoms with van der Waals surface area (Å²) < 4.78 is 26.5. The van der Waals surface area contributed by atoms with E-state index in [9.17, 15) is 8.42 Å². The van der Waals surface area contributed by atoms with Crippen LogP contribution in [0.15, 0.2) is 42.7 Å². The van der Waals surface area contributed by atoms with Gasteiger partial charge >= 0.3 is 0 Å². The van der Waals surface area contributed by atoms with Gasteiger partial charge in [0.2, 0.25) is 0 Å². The standard InChI is InChI=1S/C12H14N2O2S2/c1-18(15,16)10-9-13-7-8-14(12(13)17)11-5-3-2-4-6-11/h2-8H,9-10H2,1H3. The number of nitrogens with zero attached hydrogens (tertiary/aromatic N) is 2. The lowest BCUT2D eigenvalue weighted by molar-refractivity contribution is 0.593. The van der Waals surface area contributed by atoms with Gasteiger partial charge in [0.25, 0.3) is 0 Å². The molecular weight excluding hydrogens is 268 g/mol. The molecule has 0 atom stereocenters. The van der Waals surface area contributed by atoms with E-state index in [0.29, 0.717) is 11.3 Å². The molecule has 2 aromatic rings. The Morgan fingerprint density at radius 2 is 1.83 bits per heavy atom. The summed E-state index contributed by atoms with van der Waals surface area (Å²) in [5.74, 6) is 0.0973. The fourth-order valence-corrected chi connectivity index (χ4v) is 2.48. The highest BCUT2D eigenvalue weighted by Gasteiger charge is 2.05. The summed E-state index contributed by atoms with van der Waals surface area (Å²) in [4.78, 5) is 0. The van der Waals surface area contributed by atoms with Gasteiger partial charge in [-0.2, -0.15) is 0 Å². The molecule has 0 spiro atoms. The maximum Gasteiger partial charge on any atom is 0.184 e. The van der Waals surface area contributed by atoms with Crippen molar-refractivity contribution in [3.8, 4) is 5.69 Å². The number of para-hydroxylation sites is 1. The predicted molar refractivity (Wildman–Crippen MR) is 74.3 cm³/mol. The molecule has 0 aliphatic carbocycles. The van der Waals surface area contributed by atoms with Gasteiger partial charge in [-0.25, -0.2) is 8.42 Å². The van der Waals surface area contributed by atoms with E-state index < -0.39 is 9.84 Å². The van der Waals surface area contributed by atoms with Crippen LogP contribution in [0.3, 0.4) is 0 Å². The summed E-state index contributed by atoms with van der Waals surface area (Å²) in [6.45, 7) is 0.386. The van der Waals surface area contributed by atoms with Crippen molar-refractivity contribution in [1.29, 1.82) is 0 Å². The van der Waals surface area contributed by atoms with Crippen molar-refractivity contribution in [2.24, 2.45) is 0 Å². The van der Waals surface area contributed by atoms with Gasteiger partial charge in [0.15, 0.2) is 4.77 Å². The molecule has 0 saturated heterocycles. The molecule has 0 amide bonds. The smallest absolute Gasteiger partial charge is 0.184 e. The third-order valence-corrected chi connectivity index (χ3v) is 3.94. The van der Waals surface area contributed by atoms with Crippen molar-refractivity contribution < 1.29 is 8.42 Å². The minimum absolute atomic E-state index is 0.0973. The topological polar surface area (TPSA) is 44.0 Å². The second-order valence-corrected chi connectivity index (χ2v) is 6.73. The zero-order chi connectivity index (χ0) is 13.2. The van der Waals surface area contributed by atoms with E-state index in [-0.39, 0.29) is 5.75 Å². The molecule has 0 bridgehead atoms. The van der Waals surface area contributed by atoms with Crippen molar-refractivity contribution in [2.45, 2.75) is 6.54 Å². The first-order chi connectivity index (χ1) is 8.47. The monoisotopic (exact) mass is 282 g/mol. The summed E-state index contributed by atoms with van der Waals surface area (Å²) in [7, 11) is -2.97. The Balaban J connectivity index is 2.28. The van der Waals surface area contributed by atoms with E-state index in [1.165, 1.54) is 6.26 Å². The molecule has 4 nitrogen and oxygen atoms in total. The average Bonchev–Trinajstić information content (AvgIpc) is 2.68. The molecule has 0 saturated carbocycles. The fourth-order valence-electron chi connectivity index (χ4n) is 1.63. The van der Waals surface area contributed by atoms with Crippen LogP contribution in [0.5, 0.6) is 0 Å². The largest absolute Gasteiger partial charge is 0.322 e. The Kier molecular flexibility index (Phi) is 3.68. The van der Waals surface area contributed by atoms with Crippen molar-refractivity contribution in [3.05, 3.63) is 47.5 Å². The molecule has 2 rings (SSSR count). The first-order valence-corrected chi connectivity index (χ1v) is 7.95. The molecule has 1 heterocycles. The van der Waals surface area contributed by atoms with Gasteiger partial charge in [-0.05, 0) is 24.4 Å². The lowest BCUT2D eigenvalue weighted by Crippen LogP contribution is -2.11. The maximum atomic E-state index is 11.1. The minimum Gasteiger partial charge on any atom is -0.322 e. The molecule has 18 heavy (non-hydrogen) atoms. The van der Waals surface area contributed by atoms with Crippen LogP contribution in [0.25, 0.3) is 5.69 Å². The van der Waals surface area contributed by atoms with Crippen LogP contribution in [0.1, 0.15) is 0 Å². The highest BCUT2D eigenvalue weighted by atomic mass is 32.2. The summed E-state index contributed by atoms with van der Waals surface area (Å²) in [5.41, 5.74) is 0.973. The fraction of sp³-hybridized carbons (Fsp3) is 0.250. The first-order valence-electron chi connectivity index (χ1n) is 5.48. The first kappa shape index (κ1) is 13.0. The number of rotatable bonds is 4. The molecule has 6 heteroatoms. The van der Waals surface area contributed by atoms with E-state index in [1.54, 1.807) is 10.8 Å². The summed E-state index contributed by atoms with van der Waals surface area (Å²) in [6.07, 6.45) is 4.88. The van der Waals surface area contributed by atoms with E-state index in [4.69, 9.17) is 12.2 Å². The van der Waals surface area contributed by atoms with Gasteiger partial charge in [-0.15, -0.1) is 0 Å². The maximum absolute atomic E-state index is 11.1. The van der Waals surface area contributed by atoms with Crippen LogP contribution in [0.4, 0.5) is 0 Å².